The van der Waals surface area contributed by atoms with Gasteiger partial charge in [0.05, 0.1) is 5.69 Å². The molecule has 0 fully saturated rings. The predicted octanol–water partition coefficient (Wildman–Crippen LogP) is 4.13. The number of benzene rings is 1. The van der Waals surface area contributed by atoms with Crippen LogP contribution in [0.15, 0.2) is 35.7 Å². The van der Waals surface area contributed by atoms with Crippen LogP contribution in [0.3, 0.4) is 0 Å². The zero-order chi connectivity index (χ0) is 15.7. The number of alkyl halides is 3. The third kappa shape index (κ3) is 2.84. The van der Waals surface area contributed by atoms with E-state index in [-0.39, 0.29) is 11.6 Å². The minimum atomic E-state index is -4.73. The first-order valence-corrected chi connectivity index (χ1v) is 6.86. The van der Waals surface area contributed by atoms with Gasteiger partial charge in [-0.15, -0.1) is 24.5 Å². The van der Waals surface area contributed by atoms with Gasteiger partial charge >= 0.3 is 6.36 Å². The average Bonchev–Trinajstić information content (AvgIpc) is 2.93. The van der Waals surface area contributed by atoms with Crippen LogP contribution in [0, 0.1) is 11.3 Å². The van der Waals surface area contributed by atoms with Crippen molar-refractivity contribution in [3.63, 3.8) is 0 Å². The van der Waals surface area contributed by atoms with Crippen molar-refractivity contribution in [2.24, 2.45) is 0 Å². The van der Waals surface area contributed by atoms with Crippen molar-refractivity contribution in [3.8, 4) is 23.1 Å². The molecule has 0 N–H and O–H groups in total. The largest absolute Gasteiger partial charge is 0.573 e. The summed E-state index contributed by atoms with van der Waals surface area (Å²) in [5.74, 6) is -0.298. The van der Waals surface area contributed by atoms with Gasteiger partial charge < -0.3 is 4.74 Å². The van der Waals surface area contributed by atoms with Crippen molar-refractivity contribution in [1.82, 2.24) is 9.97 Å². The molecule has 0 atom stereocenters. The molecule has 0 aliphatic rings. The minimum Gasteiger partial charge on any atom is -0.406 e. The molecule has 2 aromatic heterocycles. The number of nitrogens with zero attached hydrogens (tertiary/aromatic N) is 3. The number of rotatable bonds is 2. The van der Waals surface area contributed by atoms with Gasteiger partial charge in [0.15, 0.2) is 0 Å². The van der Waals surface area contributed by atoms with Crippen LogP contribution >= 0.6 is 11.3 Å². The second-order valence-corrected chi connectivity index (χ2v) is 5.11. The third-order valence-corrected chi connectivity index (χ3v) is 3.59. The first-order valence-electron chi connectivity index (χ1n) is 5.98. The maximum atomic E-state index is 12.2. The second-order valence-electron chi connectivity index (χ2n) is 4.22. The van der Waals surface area contributed by atoms with Crippen LogP contribution in [0.1, 0.15) is 5.82 Å². The molecule has 3 aromatic rings. The Morgan fingerprint density at radius 1 is 1.09 bits per heavy atom. The Labute approximate surface area is 126 Å². The van der Waals surface area contributed by atoms with Crippen molar-refractivity contribution in [1.29, 1.82) is 5.26 Å². The van der Waals surface area contributed by atoms with E-state index in [0.29, 0.717) is 16.1 Å². The molecule has 0 spiro atoms. The van der Waals surface area contributed by atoms with E-state index in [9.17, 15) is 13.2 Å². The SMILES string of the molecule is N#Cc1nc(-c2ccc(OC(F)(F)F)cc2)c2ccsc2n1. The molecule has 0 aliphatic heterocycles. The summed E-state index contributed by atoms with van der Waals surface area (Å²) in [6, 6.07) is 9.00. The van der Waals surface area contributed by atoms with Crippen LogP contribution in [-0.4, -0.2) is 16.3 Å². The normalized spacial score (nSPS) is 11.4. The Morgan fingerprint density at radius 3 is 2.45 bits per heavy atom. The molecule has 2 heterocycles. The summed E-state index contributed by atoms with van der Waals surface area (Å²) in [5, 5.41) is 11.5. The molecule has 0 aliphatic carbocycles. The van der Waals surface area contributed by atoms with E-state index in [4.69, 9.17) is 5.26 Å². The first kappa shape index (κ1) is 14.3. The molecule has 0 radical (unpaired) electrons. The second kappa shape index (κ2) is 5.27. The Balaban J connectivity index is 2.04. The van der Waals surface area contributed by atoms with Crippen molar-refractivity contribution in [2.45, 2.75) is 6.36 Å². The van der Waals surface area contributed by atoms with Crippen molar-refractivity contribution >= 4 is 21.6 Å². The number of fused-ring (bicyclic) bond motifs is 1. The minimum absolute atomic E-state index is 0.0144. The number of hydrogen-bond donors (Lipinski definition) is 0. The third-order valence-electron chi connectivity index (χ3n) is 2.79. The molecule has 4 nitrogen and oxygen atoms in total. The lowest BCUT2D eigenvalue weighted by atomic mass is 10.1. The molecule has 1 aromatic carbocycles. The molecule has 0 unspecified atom stereocenters. The standard InChI is InChI=1S/C14H6F3N3OS/c15-14(16,17)21-9-3-1-8(2-4-9)12-10-5-6-22-13(10)20-11(7-18)19-12/h1-6H. The molecule has 0 saturated heterocycles. The monoisotopic (exact) mass is 321 g/mol. The van der Waals surface area contributed by atoms with Crippen LogP contribution in [-0.2, 0) is 0 Å². The van der Waals surface area contributed by atoms with Crippen LogP contribution in [0.5, 0.6) is 5.75 Å². The number of aromatic nitrogens is 2. The molecule has 0 saturated carbocycles. The molecule has 8 heteroatoms. The van der Waals surface area contributed by atoms with Gasteiger partial charge in [0, 0.05) is 10.9 Å². The highest BCUT2D eigenvalue weighted by molar-refractivity contribution is 7.16. The highest BCUT2D eigenvalue weighted by Gasteiger charge is 2.31. The van der Waals surface area contributed by atoms with Gasteiger partial charge in [-0.1, -0.05) is 0 Å². The van der Waals surface area contributed by atoms with Crippen LogP contribution in [0.25, 0.3) is 21.5 Å². The summed E-state index contributed by atoms with van der Waals surface area (Å²) in [4.78, 5) is 8.87. The topological polar surface area (TPSA) is 58.8 Å². The van der Waals surface area contributed by atoms with Gasteiger partial charge in [0.1, 0.15) is 16.6 Å². The lowest BCUT2D eigenvalue weighted by molar-refractivity contribution is -0.274. The van der Waals surface area contributed by atoms with Gasteiger partial charge in [-0.3, -0.25) is 0 Å². The fourth-order valence-electron chi connectivity index (χ4n) is 1.94. The van der Waals surface area contributed by atoms with Crippen LogP contribution in [0.4, 0.5) is 13.2 Å². The van der Waals surface area contributed by atoms with Gasteiger partial charge in [0.2, 0.25) is 5.82 Å². The average molecular weight is 321 g/mol. The van der Waals surface area contributed by atoms with E-state index in [2.05, 4.69) is 14.7 Å². The van der Waals surface area contributed by atoms with Gasteiger partial charge in [-0.2, -0.15) is 5.26 Å². The number of nitriles is 1. The lowest BCUT2D eigenvalue weighted by Crippen LogP contribution is -2.16. The van der Waals surface area contributed by atoms with E-state index in [1.54, 1.807) is 6.07 Å². The molecular weight excluding hydrogens is 315 g/mol. The quantitative estimate of drug-likeness (QED) is 0.712. The highest BCUT2D eigenvalue weighted by atomic mass is 32.1. The summed E-state index contributed by atoms with van der Waals surface area (Å²) < 4.78 is 40.3. The summed E-state index contributed by atoms with van der Waals surface area (Å²) in [5.41, 5.74) is 1.08. The molecule has 110 valence electrons. The van der Waals surface area contributed by atoms with E-state index in [1.165, 1.54) is 35.6 Å². The fourth-order valence-corrected chi connectivity index (χ4v) is 2.70. The smallest absolute Gasteiger partial charge is 0.406 e. The number of thiophene rings is 1. The van der Waals surface area contributed by atoms with Crippen molar-refractivity contribution in [2.75, 3.05) is 0 Å². The summed E-state index contributed by atoms with van der Waals surface area (Å²) in [6.45, 7) is 0. The molecular formula is C14H6F3N3OS. The van der Waals surface area contributed by atoms with E-state index in [1.807, 2.05) is 11.4 Å². The molecule has 0 bridgehead atoms. The van der Waals surface area contributed by atoms with E-state index >= 15 is 0 Å². The van der Waals surface area contributed by atoms with Gasteiger partial charge in [0.25, 0.3) is 0 Å². The zero-order valence-electron chi connectivity index (χ0n) is 10.8. The Hall–Kier alpha value is -2.66. The van der Waals surface area contributed by atoms with Crippen LogP contribution < -0.4 is 4.74 Å². The Morgan fingerprint density at radius 2 is 1.82 bits per heavy atom. The maximum Gasteiger partial charge on any atom is 0.573 e. The zero-order valence-corrected chi connectivity index (χ0v) is 11.6. The molecule has 0 amide bonds. The van der Waals surface area contributed by atoms with E-state index < -0.39 is 6.36 Å². The molecule has 3 rings (SSSR count). The fraction of sp³-hybridized carbons (Fsp3) is 0.0714. The number of ether oxygens (including phenoxy) is 1. The summed E-state index contributed by atoms with van der Waals surface area (Å²) >= 11 is 1.36. The van der Waals surface area contributed by atoms with Crippen LogP contribution in [0.2, 0.25) is 0 Å². The van der Waals surface area contributed by atoms with Gasteiger partial charge in [-0.05, 0) is 35.7 Å². The lowest BCUT2D eigenvalue weighted by Gasteiger charge is -2.09. The number of halogens is 3. The Kier molecular flexibility index (Phi) is 3.42. The predicted molar refractivity (Wildman–Crippen MR) is 74.2 cm³/mol. The maximum absolute atomic E-state index is 12.2. The molecule has 22 heavy (non-hydrogen) atoms. The van der Waals surface area contributed by atoms with Gasteiger partial charge in [-0.25, -0.2) is 9.97 Å². The summed E-state index contributed by atoms with van der Waals surface area (Å²) in [6.07, 6.45) is -4.73. The highest BCUT2D eigenvalue weighted by Crippen LogP contribution is 2.31. The van der Waals surface area contributed by atoms with E-state index in [0.717, 1.165) is 5.39 Å². The van der Waals surface area contributed by atoms with Crippen molar-refractivity contribution < 1.29 is 17.9 Å². The number of hydrogen-bond acceptors (Lipinski definition) is 5. The summed E-state index contributed by atoms with van der Waals surface area (Å²) in [7, 11) is 0. The Bertz CT molecular complexity index is 866. The first-order chi connectivity index (χ1) is 10.5. The van der Waals surface area contributed by atoms with Crippen molar-refractivity contribution in [3.05, 3.63) is 41.5 Å².